The molecule has 0 aromatic heterocycles. The molecule has 0 aliphatic carbocycles. The summed E-state index contributed by atoms with van der Waals surface area (Å²) in [6.07, 6.45) is 0. The minimum Gasteiger partial charge on any atom is -0.396 e. The molecule has 1 unspecified atom stereocenters. The third-order valence-electron chi connectivity index (χ3n) is 3.64. The van der Waals surface area contributed by atoms with Gasteiger partial charge in [0, 0.05) is 12.0 Å². The zero-order valence-corrected chi connectivity index (χ0v) is 14.4. The molecule has 5 nitrogen and oxygen atoms in total. The zero-order chi connectivity index (χ0) is 16.9. The van der Waals surface area contributed by atoms with Crippen LogP contribution in [0.4, 0.5) is 5.69 Å². The average Bonchev–Trinajstić information content (AvgIpc) is 2.50. The summed E-state index contributed by atoms with van der Waals surface area (Å²) in [6, 6.07) is 4.55. The topological polar surface area (TPSA) is 72.8 Å². The molecule has 0 radical (unpaired) electrons. The van der Waals surface area contributed by atoms with Gasteiger partial charge in [0.15, 0.2) is 0 Å². The fraction of sp³-hybridized carbons (Fsp3) is 0.533. The van der Waals surface area contributed by atoms with Crippen LogP contribution in [-0.4, -0.2) is 53.9 Å². The molecule has 1 aromatic carbocycles. The van der Waals surface area contributed by atoms with E-state index in [9.17, 15) is 15.0 Å². The van der Waals surface area contributed by atoms with Gasteiger partial charge < -0.3 is 15.5 Å². The summed E-state index contributed by atoms with van der Waals surface area (Å²) in [5.41, 5.74) is -0.219. The second kappa shape index (κ2) is 8.13. The first-order valence-electron chi connectivity index (χ1n) is 6.91. The van der Waals surface area contributed by atoms with Crippen LogP contribution < -0.4 is 5.32 Å². The first-order valence-corrected chi connectivity index (χ1v) is 7.66. The number of aliphatic hydroxyl groups is 2. The number of amides is 1. The maximum atomic E-state index is 12.3. The van der Waals surface area contributed by atoms with Crippen molar-refractivity contribution in [2.45, 2.75) is 19.9 Å². The number of hydrogen-bond acceptors (Lipinski definition) is 4. The molecule has 0 saturated carbocycles. The average molecular weight is 349 g/mol. The highest BCUT2D eigenvalue weighted by atomic mass is 35.5. The SMILES string of the molecule is CC(C(=O)Nc1cccc(Cl)c1Cl)N(C)CC(C)(CO)CO. The molecule has 0 fully saturated rings. The Kier molecular flexibility index (Phi) is 7.09. The smallest absolute Gasteiger partial charge is 0.241 e. The van der Waals surface area contributed by atoms with Crippen LogP contribution in [0.3, 0.4) is 0 Å². The maximum absolute atomic E-state index is 12.3. The summed E-state index contributed by atoms with van der Waals surface area (Å²) in [7, 11) is 1.76. The number of hydrogen-bond donors (Lipinski definition) is 3. The van der Waals surface area contributed by atoms with E-state index in [4.69, 9.17) is 23.2 Å². The highest BCUT2D eigenvalue weighted by Crippen LogP contribution is 2.29. The number of carbonyl (C=O) groups is 1. The molecular formula is C15H22Cl2N2O3. The molecule has 0 saturated heterocycles. The predicted octanol–water partition coefficient (Wildman–Crippen LogP) is 2.24. The molecule has 1 aromatic rings. The van der Waals surface area contributed by atoms with Crippen molar-refractivity contribution in [3.8, 4) is 0 Å². The first-order chi connectivity index (χ1) is 10.2. The second-order valence-electron chi connectivity index (χ2n) is 5.81. The van der Waals surface area contributed by atoms with Crippen molar-refractivity contribution in [2.24, 2.45) is 5.41 Å². The third-order valence-corrected chi connectivity index (χ3v) is 4.46. The van der Waals surface area contributed by atoms with Crippen LogP contribution in [0.2, 0.25) is 10.0 Å². The van der Waals surface area contributed by atoms with Gasteiger partial charge in [0.1, 0.15) is 0 Å². The number of benzene rings is 1. The number of likely N-dealkylation sites (N-methyl/N-ethyl adjacent to an activating group) is 1. The van der Waals surface area contributed by atoms with Crippen LogP contribution in [0, 0.1) is 5.41 Å². The Morgan fingerprint density at radius 3 is 2.50 bits per heavy atom. The summed E-state index contributed by atoms with van der Waals surface area (Å²) in [4.78, 5) is 14.1. The maximum Gasteiger partial charge on any atom is 0.241 e. The van der Waals surface area contributed by atoms with E-state index in [1.807, 2.05) is 0 Å². The van der Waals surface area contributed by atoms with E-state index in [0.717, 1.165) is 0 Å². The molecule has 1 atom stereocenters. The number of aliphatic hydroxyl groups excluding tert-OH is 2. The lowest BCUT2D eigenvalue weighted by atomic mass is 9.92. The number of carbonyl (C=O) groups excluding carboxylic acids is 1. The van der Waals surface area contributed by atoms with Gasteiger partial charge in [-0.25, -0.2) is 0 Å². The Morgan fingerprint density at radius 2 is 1.95 bits per heavy atom. The highest BCUT2D eigenvalue weighted by molar-refractivity contribution is 6.44. The van der Waals surface area contributed by atoms with Gasteiger partial charge in [-0.1, -0.05) is 36.2 Å². The summed E-state index contributed by atoms with van der Waals surface area (Å²) in [5.74, 6) is -0.245. The van der Waals surface area contributed by atoms with Crippen LogP contribution in [0.15, 0.2) is 18.2 Å². The van der Waals surface area contributed by atoms with E-state index in [2.05, 4.69) is 5.32 Å². The molecular weight excluding hydrogens is 327 g/mol. The molecule has 0 aliphatic rings. The summed E-state index contributed by atoms with van der Waals surface area (Å²) in [6.45, 7) is 3.54. The van der Waals surface area contributed by atoms with E-state index in [-0.39, 0.29) is 19.1 Å². The monoisotopic (exact) mass is 348 g/mol. The van der Waals surface area contributed by atoms with E-state index < -0.39 is 11.5 Å². The minimum absolute atomic E-state index is 0.164. The van der Waals surface area contributed by atoms with Gasteiger partial charge in [0.05, 0.1) is 35.0 Å². The lowest BCUT2D eigenvalue weighted by Crippen LogP contribution is -2.46. The van der Waals surface area contributed by atoms with Gasteiger partial charge in [-0.2, -0.15) is 0 Å². The summed E-state index contributed by atoms with van der Waals surface area (Å²) < 4.78 is 0. The van der Waals surface area contributed by atoms with Crippen molar-refractivity contribution in [2.75, 3.05) is 32.1 Å². The standard InChI is InChI=1S/C15H22Cl2N2O3/c1-10(19(3)7-15(2,8-20)9-21)14(22)18-12-6-4-5-11(16)13(12)17/h4-6,10,20-21H,7-9H2,1-3H3,(H,18,22). The van der Waals surface area contributed by atoms with Crippen LogP contribution >= 0.6 is 23.2 Å². The van der Waals surface area contributed by atoms with E-state index in [0.29, 0.717) is 22.3 Å². The predicted molar refractivity (Wildman–Crippen MR) is 89.5 cm³/mol. The van der Waals surface area contributed by atoms with E-state index in [1.165, 1.54) is 0 Å². The third kappa shape index (κ3) is 4.83. The molecule has 0 aliphatic heterocycles. The molecule has 3 N–H and O–H groups in total. The van der Waals surface area contributed by atoms with E-state index >= 15 is 0 Å². The lowest BCUT2D eigenvalue weighted by molar-refractivity contribution is -0.121. The number of anilines is 1. The Labute approximate surface area is 140 Å². The van der Waals surface area contributed by atoms with E-state index in [1.54, 1.807) is 44.0 Å². The molecule has 7 heteroatoms. The Morgan fingerprint density at radius 1 is 1.36 bits per heavy atom. The lowest BCUT2D eigenvalue weighted by Gasteiger charge is -2.33. The second-order valence-corrected chi connectivity index (χ2v) is 6.59. The highest BCUT2D eigenvalue weighted by Gasteiger charge is 2.28. The number of rotatable bonds is 7. The van der Waals surface area contributed by atoms with Gasteiger partial charge >= 0.3 is 0 Å². The molecule has 1 rings (SSSR count). The summed E-state index contributed by atoms with van der Waals surface area (Å²) >= 11 is 12.0. The minimum atomic E-state index is -0.670. The van der Waals surface area contributed by atoms with Crippen molar-refractivity contribution < 1.29 is 15.0 Å². The molecule has 22 heavy (non-hydrogen) atoms. The van der Waals surface area contributed by atoms with Gasteiger partial charge in [-0.3, -0.25) is 9.69 Å². The molecule has 124 valence electrons. The van der Waals surface area contributed by atoms with Gasteiger partial charge in [0.25, 0.3) is 0 Å². The van der Waals surface area contributed by atoms with Crippen molar-refractivity contribution in [3.63, 3.8) is 0 Å². The van der Waals surface area contributed by atoms with Gasteiger partial charge in [-0.15, -0.1) is 0 Å². The van der Waals surface area contributed by atoms with Crippen molar-refractivity contribution in [1.82, 2.24) is 4.90 Å². The summed E-state index contributed by atoms with van der Waals surface area (Å²) in [5, 5.41) is 22.1. The van der Waals surface area contributed by atoms with Crippen LogP contribution in [0.25, 0.3) is 0 Å². The molecule has 1 amide bonds. The largest absolute Gasteiger partial charge is 0.396 e. The van der Waals surface area contributed by atoms with Gasteiger partial charge in [-0.05, 0) is 26.1 Å². The van der Waals surface area contributed by atoms with Crippen LogP contribution in [0.5, 0.6) is 0 Å². The van der Waals surface area contributed by atoms with Crippen LogP contribution in [0.1, 0.15) is 13.8 Å². The number of nitrogens with zero attached hydrogens (tertiary/aromatic N) is 1. The quantitative estimate of drug-likeness (QED) is 0.706. The normalized spacial score (nSPS) is 13.3. The zero-order valence-electron chi connectivity index (χ0n) is 12.9. The van der Waals surface area contributed by atoms with Crippen molar-refractivity contribution >= 4 is 34.8 Å². The molecule has 0 heterocycles. The fourth-order valence-electron chi connectivity index (χ4n) is 1.93. The number of nitrogens with one attached hydrogen (secondary N) is 1. The van der Waals surface area contributed by atoms with Crippen molar-refractivity contribution in [1.29, 1.82) is 0 Å². The first kappa shape index (κ1) is 19.2. The fourth-order valence-corrected chi connectivity index (χ4v) is 2.27. The Balaban J connectivity index is 2.74. The van der Waals surface area contributed by atoms with Crippen LogP contribution in [-0.2, 0) is 4.79 Å². The Bertz CT molecular complexity index is 522. The van der Waals surface area contributed by atoms with Gasteiger partial charge in [0.2, 0.25) is 5.91 Å². The molecule has 0 spiro atoms. The Hall–Kier alpha value is -0.850. The molecule has 0 bridgehead atoms. The van der Waals surface area contributed by atoms with Crippen molar-refractivity contribution in [3.05, 3.63) is 28.2 Å². The number of halogens is 2.